The predicted octanol–water partition coefficient (Wildman–Crippen LogP) is 1.84. The van der Waals surface area contributed by atoms with Gasteiger partial charge in [-0.3, -0.25) is 4.79 Å². The fraction of sp³-hybridized carbons (Fsp3) is 0.524. The maximum absolute atomic E-state index is 12.8. The Morgan fingerprint density at radius 3 is 2.82 bits per heavy atom. The second kappa shape index (κ2) is 6.06. The molecule has 1 aliphatic heterocycles. The molecule has 7 heteroatoms. The molecule has 2 saturated carbocycles. The van der Waals surface area contributed by atoms with Crippen LogP contribution in [0, 0.1) is 5.41 Å². The Morgan fingerprint density at radius 1 is 1.39 bits per heavy atom. The Bertz CT molecular complexity index is 1040. The number of fused-ring (bicyclic) bond motifs is 1. The molecule has 2 aliphatic carbocycles. The van der Waals surface area contributed by atoms with E-state index in [1.54, 1.807) is 13.2 Å². The number of hydrogen-bond donors (Lipinski definition) is 3. The van der Waals surface area contributed by atoms with Crippen molar-refractivity contribution in [1.29, 1.82) is 0 Å². The molecule has 0 bridgehead atoms. The van der Waals surface area contributed by atoms with Crippen LogP contribution in [0.15, 0.2) is 23.1 Å². The summed E-state index contributed by atoms with van der Waals surface area (Å²) >= 11 is 0. The second-order valence-electron chi connectivity index (χ2n) is 8.45. The molecule has 3 atom stereocenters. The zero-order valence-electron chi connectivity index (χ0n) is 15.9. The Hall–Kier alpha value is -2.38. The van der Waals surface area contributed by atoms with Crippen LogP contribution >= 0.6 is 0 Å². The molecule has 2 aromatic rings. The van der Waals surface area contributed by atoms with Crippen molar-refractivity contribution in [2.45, 2.75) is 43.7 Å². The number of pyridine rings is 1. The first kappa shape index (κ1) is 17.7. The van der Waals surface area contributed by atoms with Crippen LogP contribution in [0.3, 0.4) is 0 Å². The molecule has 7 nitrogen and oxygen atoms in total. The van der Waals surface area contributed by atoms with Crippen LogP contribution in [0.5, 0.6) is 5.75 Å². The van der Waals surface area contributed by atoms with Gasteiger partial charge in [0.15, 0.2) is 0 Å². The van der Waals surface area contributed by atoms with Crippen molar-refractivity contribution < 1.29 is 14.6 Å². The van der Waals surface area contributed by atoms with Crippen LogP contribution in [0.2, 0.25) is 0 Å². The highest BCUT2D eigenvalue weighted by Gasteiger charge is 2.59. The van der Waals surface area contributed by atoms with Crippen LogP contribution in [-0.2, 0) is 0 Å². The van der Waals surface area contributed by atoms with Gasteiger partial charge in [-0.2, -0.15) is 0 Å². The van der Waals surface area contributed by atoms with Gasteiger partial charge in [0.2, 0.25) is 5.43 Å². The molecule has 2 heterocycles. The van der Waals surface area contributed by atoms with Gasteiger partial charge in [0.25, 0.3) is 0 Å². The highest BCUT2D eigenvalue weighted by atomic mass is 16.5. The van der Waals surface area contributed by atoms with Crippen LogP contribution in [-0.4, -0.2) is 41.9 Å². The average Bonchev–Trinajstić information content (AvgIpc) is 3.59. The standard InChI is InChI=1S/C21H25N3O4/c1-28-19-12(15-8-21(15)6-7-23-9-16(21)22)4-5-13-17(19)24(11-2-3-11)10-14(18(13)25)20(26)27/h4-5,10-11,15-16,23H,2-3,6-9,22H2,1H3,(H,26,27). The fourth-order valence-electron chi connectivity index (χ4n) is 5.11. The summed E-state index contributed by atoms with van der Waals surface area (Å²) < 4.78 is 7.78. The van der Waals surface area contributed by atoms with E-state index in [2.05, 4.69) is 5.32 Å². The zero-order valence-corrected chi connectivity index (χ0v) is 15.9. The lowest BCUT2D eigenvalue weighted by atomic mass is 9.85. The molecule has 1 saturated heterocycles. The van der Waals surface area contributed by atoms with Gasteiger partial charge in [0, 0.05) is 30.4 Å². The predicted molar refractivity (Wildman–Crippen MR) is 105 cm³/mol. The van der Waals surface area contributed by atoms with E-state index in [0.717, 1.165) is 49.9 Å². The Morgan fingerprint density at radius 2 is 2.18 bits per heavy atom. The Labute approximate surface area is 162 Å². The van der Waals surface area contributed by atoms with Gasteiger partial charge in [0.05, 0.1) is 18.0 Å². The zero-order chi connectivity index (χ0) is 19.6. The van der Waals surface area contributed by atoms with Gasteiger partial charge in [-0.1, -0.05) is 6.07 Å². The number of piperidine rings is 1. The van der Waals surface area contributed by atoms with Crippen molar-refractivity contribution in [3.8, 4) is 5.75 Å². The highest BCUT2D eigenvalue weighted by molar-refractivity contribution is 5.95. The first-order valence-electron chi connectivity index (χ1n) is 9.93. The molecule has 28 heavy (non-hydrogen) atoms. The van der Waals surface area contributed by atoms with Crippen LogP contribution in [0.25, 0.3) is 10.9 Å². The molecule has 0 amide bonds. The van der Waals surface area contributed by atoms with Crippen LogP contribution in [0.1, 0.15) is 53.6 Å². The molecule has 148 valence electrons. The number of carbonyl (C=O) groups is 1. The van der Waals surface area contributed by atoms with E-state index in [9.17, 15) is 14.7 Å². The number of hydrogen-bond acceptors (Lipinski definition) is 5. The van der Waals surface area contributed by atoms with Gasteiger partial charge < -0.3 is 25.5 Å². The molecular formula is C21H25N3O4. The number of ether oxygens (including phenoxy) is 1. The van der Waals surface area contributed by atoms with Crippen molar-refractivity contribution in [3.05, 3.63) is 39.7 Å². The number of nitrogens with two attached hydrogens (primary N) is 1. The van der Waals surface area contributed by atoms with Crippen molar-refractivity contribution in [2.24, 2.45) is 11.1 Å². The quantitative estimate of drug-likeness (QED) is 0.744. The summed E-state index contributed by atoms with van der Waals surface area (Å²) in [6.45, 7) is 1.79. The van der Waals surface area contributed by atoms with E-state index in [-0.39, 0.29) is 23.1 Å². The highest BCUT2D eigenvalue weighted by Crippen LogP contribution is 2.65. The monoisotopic (exact) mass is 383 g/mol. The number of carboxylic acid groups (broad SMARTS) is 1. The van der Waals surface area contributed by atoms with Crippen molar-refractivity contribution in [3.63, 3.8) is 0 Å². The van der Waals surface area contributed by atoms with Gasteiger partial charge in [0.1, 0.15) is 11.3 Å². The minimum Gasteiger partial charge on any atom is -0.494 e. The van der Waals surface area contributed by atoms with Crippen molar-refractivity contribution >= 4 is 16.9 Å². The summed E-state index contributed by atoms with van der Waals surface area (Å²) in [6.07, 6.45) is 5.52. The number of aromatic carboxylic acids is 1. The van der Waals surface area contributed by atoms with Gasteiger partial charge in [-0.25, -0.2) is 4.79 Å². The summed E-state index contributed by atoms with van der Waals surface area (Å²) in [7, 11) is 1.63. The number of carboxylic acids is 1. The topological polar surface area (TPSA) is 107 Å². The fourth-order valence-corrected chi connectivity index (χ4v) is 5.11. The van der Waals surface area contributed by atoms with Gasteiger partial charge in [-0.05, 0) is 49.6 Å². The number of methoxy groups -OCH3 is 1. The maximum atomic E-state index is 12.8. The molecule has 3 fully saturated rings. The number of aromatic nitrogens is 1. The molecule has 4 N–H and O–H groups in total. The minimum atomic E-state index is -1.19. The summed E-state index contributed by atoms with van der Waals surface area (Å²) in [5.74, 6) is -0.178. The van der Waals surface area contributed by atoms with E-state index >= 15 is 0 Å². The van der Waals surface area contributed by atoms with E-state index in [4.69, 9.17) is 10.5 Å². The summed E-state index contributed by atoms with van der Waals surface area (Å²) in [5.41, 5.74) is 7.72. The normalized spacial score (nSPS) is 29.2. The lowest BCUT2D eigenvalue weighted by molar-refractivity contribution is 0.0695. The van der Waals surface area contributed by atoms with Gasteiger partial charge in [-0.15, -0.1) is 0 Å². The molecular weight excluding hydrogens is 358 g/mol. The lowest BCUT2D eigenvalue weighted by Gasteiger charge is -2.31. The van der Waals surface area contributed by atoms with Gasteiger partial charge >= 0.3 is 5.97 Å². The average molecular weight is 383 g/mol. The van der Waals surface area contributed by atoms with Crippen molar-refractivity contribution in [2.75, 3.05) is 20.2 Å². The van der Waals surface area contributed by atoms with E-state index < -0.39 is 11.4 Å². The largest absolute Gasteiger partial charge is 0.494 e. The molecule has 3 aliphatic rings. The smallest absolute Gasteiger partial charge is 0.341 e. The van der Waals surface area contributed by atoms with E-state index in [1.807, 2.05) is 10.6 Å². The summed E-state index contributed by atoms with van der Waals surface area (Å²) in [6, 6.07) is 4.05. The Balaban J connectivity index is 1.71. The van der Waals surface area contributed by atoms with E-state index in [1.165, 1.54) is 6.20 Å². The molecule has 1 aromatic heterocycles. The molecule has 1 aromatic carbocycles. The third-order valence-electron chi connectivity index (χ3n) is 6.92. The third kappa shape index (κ3) is 2.42. The molecule has 1 spiro atoms. The minimum absolute atomic E-state index is 0.0952. The number of benzene rings is 1. The number of rotatable bonds is 4. The number of nitrogens with one attached hydrogen (secondary N) is 1. The second-order valence-corrected chi connectivity index (χ2v) is 8.45. The van der Waals surface area contributed by atoms with E-state index in [0.29, 0.717) is 17.1 Å². The van der Waals surface area contributed by atoms with Crippen LogP contribution < -0.4 is 21.2 Å². The molecule has 5 rings (SSSR count). The third-order valence-corrected chi connectivity index (χ3v) is 6.92. The molecule has 0 radical (unpaired) electrons. The maximum Gasteiger partial charge on any atom is 0.341 e. The Kier molecular flexibility index (Phi) is 3.83. The lowest BCUT2D eigenvalue weighted by Crippen LogP contribution is -2.48. The summed E-state index contributed by atoms with van der Waals surface area (Å²) in [4.78, 5) is 24.4. The first-order chi connectivity index (χ1) is 13.5. The summed E-state index contributed by atoms with van der Waals surface area (Å²) in [5, 5.41) is 13.2. The number of nitrogens with zero attached hydrogens (tertiary/aromatic N) is 1. The van der Waals surface area contributed by atoms with Crippen molar-refractivity contribution in [1.82, 2.24) is 9.88 Å². The SMILES string of the molecule is COc1c(C2CC23CCNCC3N)ccc2c(=O)c(C(=O)O)cn(C3CC3)c12. The molecule has 3 unspecified atom stereocenters. The van der Waals surface area contributed by atoms with Crippen LogP contribution in [0.4, 0.5) is 0 Å². The first-order valence-corrected chi connectivity index (χ1v) is 9.93.